The zero-order valence-electron chi connectivity index (χ0n) is 11.2. The summed E-state index contributed by atoms with van der Waals surface area (Å²) < 4.78 is 10.3. The molecule has 2 aromatic rings. The molecule has 0 atom stereocenters. The quantitative estimate of drug-likeness (QED) is 0.683. The van der Waals surface area contributed by atoms with Crippen LogP contribution in [0.5, 0.6) is 5.75 Å². The Morgan fingerprint density at radius 3 is 2.62 bits per heavy atom. The number of hydrogen-bond acceptors (Lipinski definition) is 4. The van der Waals surface area contributed by atoms with Crippen molar-refractivity contribution in [3.05, 3.63) is 57.6 Å². The molecule has 4 nitrogen and oxygen atoms in total. The van der Waals surface area contributed by atoms with Crippen molar-refractivity contribution in [2.45, 2.75) is 6.61 Å². The Morgan fingerprint density at radius 2 is 1.90 bits per heavy atom. The summed E-state index contributed by atoms with van der Waals surface area (Å²) >= 11 is 11.8. The van der Waals surface area contributed by atoms with Crippen molar-refractivity contribution in [2.24, 2.45) is 0 Å². The molecular weight excluding hydrogens is 313 g/mol. The predicted octanol–water partition coefficient (Wildman–Crippen LogP) is 3.94. The lowest BCUT2D eigenvalue weighted by molar-refractivity contribution is 0.0474. The summed E-state index contributed by atoms with van der Waals surface area (Å²) in [6.45, 7) is 0.0817. The fourth-order valence-electron chi connectivity index (χ4n) is 1.76. The molecule has 0 aliphatic heterocycles. The van der Waals surface area contributed by atoms with Gasteiger partial charge in [-0.1, -0.05) is 35.3 Å². The minimum atomic E-state index is -0.622. The summed E-state index contributed by atoms with van der Waals surface area (Å²) in [5.74, 6) is 0.0617. The molecule has 21 heavy (non-hydrogen) atoms. The molecule has 2 rings (SSSR count). The third-order valence-electron chi connectivity index (χ3n) is 2.85. The molecule has 2 N–H and O–H groups in total. The van der Waals surface area contributed by atoms with E-state index in [1.165, 1.54) is 12.1 Å². The Kier molecular flexibility index (Phi) is 4.94. The maximum absolute atomic E-state index is 12.1. The SMILES string of the molecule is COc1cccc(COC(=O)c2c(Cl)ccc(Cl)c2N)c1. The van der Waals surface area contributed by atoms with Gasteiger partial charge in [-0.05, 0) is 29.8 Å². The summed E-state index contributed by atoms with van der Waals surface area (Å²) in [6, 6.07) is 10.2. The minimum absolute atomic E-state index is 0.0760. The van der Waals surface area contributed by atoms with Crippen LogP contribution in [0.3, 0.4) is 0 Å². The Labute approximate surface area is 132 Å². The molecule has 0 heterocycles. The second-order valence-electron chi connectivity index (χ2n) is 4.25. The number of hydrogen-bond donors (Lipinski definition) is 1. The summed E-state index contributed by atoms with van der Waals surface area (Å²) in [4.78, 5) is 12.1. The highest BCUT2D eigenvalue weighted by molar-refractivity contribution is 6.38. The molecule has 0 spiro atoms. The number of methoxy groups -OCH3 is 1. The van der Waals surface area contributed by atoms with Crippen LogP contribution in [-0.2, 0) is 11.3 Å². The zero-order valence-corrected chi connectivity index (χ0v) is 12.7. The second kappa shape index (κ2) is 6.70. The van der Waals surface area contributed by atoms with Gasteiger partial charge < -0.3 is 15.2 Å². The third-order valence-corrected chi connectivity index (χ3v) is 3.49. The molecule has 0 aromatic heterocycles. The van der Waals surface area contributed by atoms with Crippen LogP contribution in [0.2, 0.25) is 10.0 Å². The van der Waals surface area contributed by atoms with Gasteiger partial charge in [-0.2, -0.15) is 0 Å². The molecule has 0 radical (unpaired) electrons. The largest absolute Gasteiger partial charge is 0.497 e. The molecular formula is C15H13Cl2NO3. The van der Waals surface area contributed by atoms with Crippen molar-refractivity contribution in [1.82, 2.24) is 0 Å². The van der Waals surface area contributed by atoms with Gasteiger partial charge in [0.15, 0.2) is 0 Å². The molecule has 0 aliphatic rings. The number of carbonyl (C=O) groups excluding carboxylic acids is 1. The van der Waals surface area contributed by atoms with Crippen LogP contribution in [0.4, 0.5) is 5.69 Å². The lowest BCUT2D eigenvalue weighted by Gasteiger charge is -2.10. The molecule has 0 bridgehead atoms. The van der Waals surface area contributed by atoms with E-state index in [-0.39, 0.29) is 27.9 Å². The van der Waals surface area contributed by atoms with E-state index in [0.717, 1.165) is 5.56 Å². The van der Waals surface area contributed by atoms with E-state index < -0.39 is 5.97 Å². The van der Waals surface area contributed by atoms with E-state index >= 15 is 0 Å². The number of anilines is 1. The minimum Gasteiger partial charge on any atom is -0.497 e. The number of ether oxygens (including phenoxy) is 2. The van der Waals surface area contributed by atoms with Crippen LogP contribution < -0.4 is 10.5 Å². The second-order valence-corrected chi connectivity index (χ2v) is 5.06. The van der Waals surface area contributed by atoms with E-state index in [9.17, 15) is 4.79 Å². The average Bonchev–Trinajstić information content (AvgIpc) is 2.49. The number of nitrogen functional groups attached to an aromatic ring is 1. The molecule has 0 aliphatic carbocycles. The van der Waals surface area contributed by atoms with Crippen molar-refractivity contribution in [3.8, 4) is 5.75 Å². The van der Waals surface area contributed by atoms with Gasteiger partial charge in [-0.15, -0.1) is 0 Å². The maximum Gasteiger partial charge on any atom is 0.342 e. The number of nitrogens with two attached hydrogens (primary N) is 1. The lowest BCUT2D eigenvalue weighted by atomic mass is 10.2. The van der Waals surface area contributed by atoms with Crippen molar-refractivity contribution in [2.75, 3.05) is 12.8 Å². The topological polar surface area (TPSA) is 61.5 Å². The Hall–Kier alpha value is -1.91. The highest BCUT2D eigenvalue weighted by Crippen LogP contribution is 2.30. The van der Waals surface area contributed by atoms with Crippen LogP contribution in [0.25, 0.3) is 0 Å². The fourth-order valence-corrected chi connectivity index (χ4v) is 2.16. The lowest BCUT2D eigenvalue weighted by Crippen LogP contribution is -2.09. The van der Waals surface area contributed by atoms with E-state index in [2.05, 4.69) is 0 Å². The Morgan fingerprint density at radius 1 is 1.19 bits per heavy atom. The molecule has 0 saturated carbocycles. The van der Waals surface area contributed by atoms with Crippen molar-refractivity contribution in [3.63, 3.8) is 0 Å². The van der Waals surface area contributed by atoms with Crippen LogP contribution in [0.15, 0.2) is 36.4 Å². The molecule has 2 aromatic carbocycles. The molecule has 0 saturated heterocycles. The van der Waals surface area contributed by atoms with Gasteiger partial charge in [0.25, 0.3) is 0 Å². The summed E-state index contributed by atoms with van der Waals surface area (Å²) in [6.07, 6.45) is 0. The van der Waals surface area contributed by atoms with Crippen LogP contribution in [-0.4, -0.2) is 13.1 Å². The predicted molar refractivity (Wildman–Crippen MR) is 83.0 cm³/mol. The number of esters is 1. The Balaban J connectivity index is 2.14. The first-order valence-electron chi connectivity index (χ1n) is 6.06. The average molecular weight is 326 g/mol. The molecule has 6 heteroatoms. The normalized spacial score (nSPS) is 10.2. The number of rotatable bonds is 4. The first-order valence-corrected chi connectivity index (χ1v) is 6.82. The van der Waals surface area contributed by atoms with Gasteiger partial charge >= 0.3 is 5.97 Å². The number of carbonyl (C=O) groups is 1. The van der Waals surface area contributed by atoms with Crippen LogP contribution >= 0.6 is 23.2 Å². The van der Waals surface area contributed by atoms with Gasteiger partial charge in [-0.25, -0.2) is 4.79 Å². The highest BCUT2D eigenvalue weighted by Gasteiger charge is 2.18. The van der Waals surface area contributed by atoms with Gasteiger partial charge in [0.05, 0.1) is 22.8 Å². The van der Waals surface area contributed by atoms with E-state index in [1.54, 1.807) is 19.2 Å². The van der Waals surface area contributed by atoms with E-state index in [0.29, 0.717) is 5.75 Å². The van der Waals surface area contributed by atoms with Crippen molar-refractivity contribution >= 4 is 34.9 Å². The Bertz CT molecular complexity index is 674. The van der Waals surface area contributed by atoms with Gasteiger partial charge in [0.1, 0.15) is 17.9 Å². The van der Waals surface area contributed by atoms with Crippen LogP contribution in [0.1, 0.15) is 15.9 Å². The van der Waals surface area contributed by atoms with Crippen LogP contribution in [0, 0.1) is 0 Å². The zero-order chi connectivity index (χ0) is 15.4. The van der Waals surface area contributed by atoms with Crippen molar-refractivity contribution < 1.29 is 14.3 Å². The van der Waals surface area contributed by atoms with Gasteiger partial charge in [0, 0.05) is 0 Å². The molecule has 0 amide bonds. The highest BCUT2D eigenvalue weighted by atomic mass is 35.5. The fraction of sp³-hybridized carbons (Fsp3) is 0.133. The molecule has 0 fully saturated rings. The van der Waals surface area contributed by atoms with E-state index in [1.807, 2.05) is 12.1 Å². The summed E-state index contributed by atoms with van der Waals surface area (Å²) in [5.41, 5.74) is 6.74. The van der Waals surface area contributed by atoms with Gasteiger partial charge in [0.2, 0.25) is 0 Å². The first-order chi connectivity index (χ1) is 10.0. The van der Waals surface area contributed by atoms with Crippen molar-refractivity contribution in [1.29, 1.82) is 0 Å². The number of benzene rings is 2. The summed E-state index contributed by atoms with van der Waals surface area (Å²) in [7, 11) is 1.57. The smallest absolute Gasteiger partial charge is 0.342 e. The molecule has 0 unspecified atom stereocenters. The van der Waals surface area contributed by atoms with Gasteiger partial charge in [-0.3, -0.25) is 0 Å². The standard InChI is InChI=1S/C15H13Cl2NO3/c1-20-10-4-2-3-9(7-10)8-21-15(19)13-11(16)5-6-12(17)14(13)18/h2-7H,8,18H2,1H3. The third kappa shape index (κ3) is 3.60. The summed E-state index contributed by atoms with van der Waals surface area (Å²) in [5, 5.41) is 0.459. The molecule has 110 valence electrons. The van der Waals surface area contributed by atoms with E-state index in [4.69, 9.17) is 38.4 Å². The first kappa shape index (κ1) is 15.5. The maximum atomic E-state index is 12.1. The number of halogens is 2. The monoisotopic (exact) mass is 325 g/mol.